The van der Waals surface area contributed by atoms with Gasteiger partial charge in [-0.05, 0) is 58.9 Å². The molecule has 0 spiro atoms. The molecule has 3 aromatic rings. The summed E-state index contributed by atoms with van der Waals surface area (Å²) in [5.74, 6) is 2.20. The van der Waals surface area contributed by atoms with Gasteiger partial charge in [0.1, 0.15) is 17.5 Å². The molecular formula is C22H29N7O. The maximum Gasteiger partial charge on any atom is 0.259 e. The predicted octanol–water partition coefficient (Wildman–Crippen LogP) is 3.98. The highest BCUT2D eigenvalue weighted by molar-refractivity contribution is 6.05. The number of aryl methyl sites for hydroxylation is 3. The van der Waals surface area contributed by atoms with Crippen molar-refractivity contribution in [1.29, 1.82) is 0 Å². The Hall–Kier alpha value is -3.42. The molecule has 0 unspecified atom stereocenters. The molecular weight excluding hydrogens is 378 g/mol. The molecule has 0 radical (unpaired) electrons. The molecule has 0 aliphatic rings. The molecule has 0 aliphatic carbocycles. The number of rotatable bonds is 7. The van der Waals surface area contributed by atoms with Gasteiger partial charge in [0.2, 0.25) is 0 Å². The van der Waals surface area contributed by atoms with Crippen LogP contribution >= 0.6 is 0 Å². The van der Waals surface area contributed by atoms with Crippen LogP contribution in [0.3, 0.4) is 0 Å². The smallest absolute Gasteiger partial charge is 0.259 e. The number of nitrogens with one attached hydrogen (secondary N) is 2. The van der Waals surface area contributed by atoms with E-state index < -0.39 is 0 Å². The SMILES string of the molecule is CCN(CC)c1cc(Nc2ccc(NC(=O)c3c(C)nn(C)c3C)cc2)nc(C)n1. The maximum absolute atomic E-state index is 12.6. The van der Waals surface area contributed by atoms with Gasteiger partial charge in [0, 0.05) is 43.3 Å². The molecule has 1 amide bonds. The number of anilines is 4. The van der Waals surface area contributed by atoms with Crippen molar-refractivity contribution in [3.05, 3.63) is 53.1 Å². The highest BCUT2D eigenvalue weighted by Crippen LogP contribution is 2.22. The van der Waals surface area contributed by atoms with Crippen molar-refractivity contribution < 1.29 is 4.79 Å². The van der Waals surface area contributed by atoms with Gasteiger partial charge in [-0.2, -0.15) is 5.10 Å². The average Bonchev–Trinajstić information content (AvgIpc) is 2.95. The molecule has 30 heavy (non-hydrogen) atoms. The third-order valence-corrected chi connectivity index (χ3v) is 5.06. The molecule has 0 aliphatic heterocycles. The van der Waals surface area contributed by atoms with Crippen molar-refractivity contribution in [2.24, 2.45) is 7.05 Å². The van der Waals surface area contributed by atoms with Gasteiger partial charge in [0.05, 0.1) is 11.3 Å². The number of amides is 1. The Labute approximate surface area is 177 Å². The summed E-state index contributed by atoms with van der Waals surface area (Å²) < 4.78 is 1.72. The van der Waals surface area contributed by atoms with Gasteiger partial charge in [-0.3, -0.25) is 9.48 Å². The molecule has 2 N–H and O–H groups in total. The lowest BCUT2D eigenvalue weighted by molar-refractivity contribution is 0.102. The largest absolute Gasteiger partial charge is 0.357 e. The van der Waals surface area contributed by atoms with Gasteiger partial charge in [-0.1, -0.05) is 0 Å². The third kappa shape index (κ3) is 4.59. The second-order valence-electron chi connectivity index (χ2n) is 7.16. The van der Waals surface area contributed by atoms with Crippen molar-refractivity contribution in [2.45, 2.75) is 34.6 Å². The molecule has 3 rings (SSSR count). The van der Waals surface area contributed by atoms with E-state index in [0.29, 0.717) is 17.1 Å². The van der Waals surface area contributed by atoms with Crippen LogP contribution in [0.4, 0.5) is 23.0 Å². The minimum atomic E-state index is -0.158. The van der Waals surface area contributed by atoms with E-state index in [1.807, 2.05) is 58.2 Å². The number of aromatic nitrogens is 4. The molecule has 158 valence electrons. The second kappa shape index (κ2) is 8.94. The first kappa shape index (κ1) is 21.3. The van der Waals surface area contributed by atoms with Crippen LogP contribution < -0.4 is 15.5 Å². The van der Waals surface area contributed by atoms with Crippen LogP contribution in [0.5, 0.6) is 0 Å². The van der Waals surface area contributed by atoms with Gasteiger partial charge >= 0.3 is 0 Å². The van der Waals surface area contributed by atoms with Gasteiger partial charge in [0.25, 0.3) is 5.91 Å². The lowest BCUT2D eigenvalue weighted by Crippen LogP contribution is -2.23. The standard InChI is InChI=1S/C22H29N7O/c1-7-29(8-2)20-13-19(23-16(5)24-20)25-17-9-11-18(12-10-17)26-22(30)21-14(3)27-28(6)15(21)4/h9-13H,7-8H2,1-6H3,(H,26,30)(H,23,24,25). The Bertz CT molecular complexity index is 1040. The first-order chi connectivity index (χ1) is 14.3. The van der Waals surface area contributed by atoms with Crippen molar-refractivity contribution >= 4 is 28.9 Å². The highest BCUT2D eigenvalue weighted by atomic mass is 16.1. The van der Waals surface area contributed by atoms with Crippen molar-refractivity contribution in [3.63, 3.8) is 0 Å². The number of nitrogens with zero attached hydrogens (tertiary/aromatic N) is 5. The zero-order valence-electron chi connectivity index (χ0n) is 18.4. The van der Waals surface area contributed by atoms with Crippen LogP contribution in [0.25, 0.3) is 0 Å². The fourth-order valence-corrected chi connectivity index (χ4v) is 3.41. The first-order valence-corrected chi connectivity index (χ1v) is 10.1. The molecule has 0 fully saturated rings. The molecule has 0 saturated carbocycles. The summed E-state index contributed by atoms with van der Waals surface area (Å²) in [6.07, 6.45) is 0. The summed E-state index contributed by atoms with van der Waals surface area (Å²) in [7, 11) is 1.83. The van der Waals surface area contributed by atoms with E-state index >= 15 is 0 Å². The molecule has 0 atom stereocenters. The van der Waals surface area contributed by atoms with Crippen LogP contribution in [-0.2, 0) is 7.05 Å². The molecule has 1 aromatic carbocycles. The number of carbonyl (C=O) groups is 1. The van der Waals surface area contributed by atoms with E-state index in [4.69, 9.17) is 0 Å². The third-order valence-electron chi connectivity index (χ3n) is 5.06. The lowest BCUT2D eigenvalue weighted by atomic mass is 10.1. The van der Waals surface area contributed by atoms with Crippen LogP contribution in [-0.4, -0.2) is 38.7 Å². The summed E-state index contributed by atoms with van der Waals surface area (Å²) in [5, 5.41) is 10.6. The van der Waals surface area contributed by atoms with E-state index in [2.05, 4.69) is 44.4 Å². The van der Waals surface area contributed by atoms with Gasteiger partial charge in [0.15, 0.2) is 0 Å². The highest BCUT2D eigenvalue weighted by Gasteiger charge is 2.17. The maximum atomic E-state index is 12.6. The average molecular weight is 408 g/mol. The second-order valence-corrected chi connectivity index (χ2v) is 7.16. The molecule has 8 heteroatoms. The lowest BCUT2D eigenvalue weighted by Gasteiger charge is -2.20. The van der Waals surface area contributed by atoms with Crippen LogP contribution in [0.15, 0.2) is 30.3 Å². The molecule has 2 aromatic heterocycles. The Morgan fingerprint density at radius 1 is 1.03 bits per heavy atom. The van der Waals surface area contributed by atoms with E-state index in [0.717, 1.165) is 41.8 Å². The van der Waals surface area contributed by atoms with Crippen LogP contribution in [0.1, 0.15) is 41.4 Å². The Balaban J connectivity index is 1.73. The van der Waals surface area contributed by atoms with Crippen LogP contribution in [0, 0.1) is 20.8 Å². The first-order valence-electron chi connectivity index (χ1n) is 10.1. The zero-order valence-corrected chi connectivity index (χ0v) is 18.4. The minimum absolute atomic E-state index is 0.158. The molecule has 0 saturated heterocycles. The Morgan fingerprint density at radius 3 is 2.23 bits per heavy atom. The fourth-order valence-electron chi connectivity index (χ4n) is 3.41. The predicted molar refractivity (Wildman–Crippen MR) is 121 cm³/mol. The Morgan fingerprint density at radius 2 is 1.67 bits per heavy atom. The summed E-state index contributed by atoms with van der Waals surface area (Å²) in [5.41, 5.74) is 3.77. The number of hydrogen-bond donors (Lipinski definition) is 2. The van der Waals surface area contributed by atoms with Gasteiger partial charge < -0.3 is 15.5 Å². The quantitative estimate of drug-likeness (QED) is 0.616. The van der Waals surface area contributed by atoms with Gasteiger partial charge in [-0.25, -0.2) is 9.97 Å². The van der Waals surface area contributed by atoms with E-state index in [-0.39, 0.29) is 5.91 Å². The molecule has 0 bridgehead atoms. The number of hydrogen-bond acceptors (Lipinski definition) is 6. The summed E-state index contributed by atoms with van der Waals surface area (Å²) in [6, 6.07) is 9.49. The summed E-state index contributed by atoms with van der Waals surface area (Å²) in [4.78, 5) is 23.8. The van der Waals surface area contributed by atoms with E-state index in [9.17, 15) is 4.79 Å². The van der Waals surface area contributed by atoms with Gasteiger partial charge in [-0.15, -0.1) is 0 Å². The number of benzene rings is 1. The normalized spacial score (nSPS) is 10.7. The van der Waals surface area contributed by atoms with Crippen molar-refractivity contribution in [2.75, 3.05) is 28.6 Å². The van der Waals surface area contributed by atoms with E-state index in [1.54, 1.807) is 4.68 Å². The van der Waals surface area contributed by atoms with Crippen molar-refractivity contribution in [1.82, 2.24) is 19.7 Å². The molecule has 2 heterocycles. The minimum Gasteiger partial charge on any atom is -0.357 e. The van der Waals surface area contributed by atoms with Crippen LogP contribution in [0.2, 0.25) is 0 Å². The summed E-state index contributed by atoms with van der Waals surface area (Å²) >= 11 is 0. The zero-order chi connectivity index (χ0) is 21.8. The summed E-state index contributed by atoms with van der Waals surface area (Å²) in [6.45, 7) is 11.6. The molecule has 8 nitrogen and oxygen atoms in total. The number of carbonyl (C=O) groups excluding carboxylic acids is 1. The fraction of sp³-hybridized carbons (Fsp3) is 0.364. The Kier molecular flexibility index (Phi) is 6.34. The monoisotopic (exact) mass is 407 g/mol. The van der Waals surface area contributed by atoms with Crippen molar-refractivity contribution in [3.8, 4) is 0 Å². The topological polar surface area (TPSA) is 88.0 Å². The van der Waals surface area contributed by atoms with E-state index in [1.165, 1.54) is 0 Å².